The zero-order valence-electron chi connectivity index (χ0n) is 19.1. The molecule has 1 aliphatic heterocycles. The van der Waals surface area contributed by atoms with Gasteiger partial charge in [0.2, 0.25) is 5.91 Å². The van der Waals surface area contributed by atoms with E-state index in [0.717, 1.165) is 12.8 Å². The molecule has 0 spiro atoms. The minimum absolute atomic E-state index is 0.0291. The molecule has 0 unspecified atom stereocenters. The summed E-state index contributed by atoms with van der Waals surface area (Å²) in [6.07, 6.45) is 1.91. The lowest BCUT2D eigenvalue weighted by molar-refractivity contribution is -0.134. The Kier molecular flexibility index (Phi) is 7.67. The van der Waals surface area contributed by atoms with Gasteiger partial charge < -0.3 is 15.0 Å². The van der Waals surface area contributed by atoms with Gasteiger partial charge in [-0.05, 0) is 17.5 Å². The highest BCUT2D eigenvalue weighted by molar-refractivity contribution is 6.03. The lowest BCUT2D eigenvalue weighted by atomic mass is 9.91. The first-order valence-electron chi connectivity index (χ1n) is 11.1. The van der Waals surface area contributed by atoms with Crippen molar-refractivity contribution >= 4 is 17.6 Å². The van der Waals surface area contributed by atoms with E-state index in [9.17, 15) is 14.4 Å². The summed E-state index contributed by atoms with van der Waals surface area (Å²) in [6.45, 7) is 7.42. The molecular formula is C26H32N2O4. The van der Waals surface area contributed by atoms with Gasteiger partial charge in [0.05, 0.1) is 12.1 Å². The molecule has 0 aliphatic carbocycles. The Labute approximate surface area is 189 Å². The number of benzene rings is 2. The van der Waals surface area contributed by atoms with Crippen LogP contribution in [-0.2, 0) is 4.79 Å². The van der Waals surface area contributed by atoms with Gasteiger partial charge in [-0.25, -0.2) is 0 Å². The maximum absolute atomic E-state index is 12.7. The highest BCUT2D eigenvalue weighted by Crippen LogP contribution is 2.25. The van der Waals surface area contributed by atoms with Crippen LogP contribution in [0.15, 0.2) is 54.6 Å². The fraction of sp³-hybridized carbons (Fsp3) is 0.423. The van der Waals surface area contributed by atoms with Crippen molar-refractivity contribution in [3.05, 3.63) is 65.7 Å². The van der Waals surface area contributed by atoms with Gasteiger partial charge in [0, 0.05) is 37.9 Å². The molecule has 1 saturated heterocycles. The van der Waals surface area contributed by atoms with Crippen molar-refractivity contribution in [2.75, 3.05) is 19.6 Å². The molecule has 1 heterocycles. The highest BCUT2D eigenvalue weighted by Gasteiger charge is 2.27. The van der Waals surface area contributed by atoms with E-state index in [2.05, 4.69) is 26.1 Å². The van der Waals surface area contributed by atoms with E-state index in [1.165, 1.54) is 0 Å². The fourth-order valence-corrected chi connectivity index (χ4v) is 3.71. The van der Waals surface area contributed by atoms with Gasteiger partial charge in [0.25, 0.3) is 5.91 Å². The van der Waals surface area contributed by atoms with E-state index in [0.29, 0.717) is 36.4 Å². The number of nitrogens with zero attached hydrogens (tertiary/aromatic N) is 1. The Hall–Kier alpha value is -3.15. The van der Waals surface area contributed by atoms with Gasteiger partial charge in [-0.1, -0.05) is 63.2 Å². The number of likely N-dealkylation sites (tertiary alicyclic amines) is 1. The number of ether oxygens (including phenoxy) is 1. The number of piperidine rings is 1. The molecule has 2 aromatic rings. The third kappa shape index (κ3) is 6.67. The van der Waals surface area contributed by atoms with Crippen LogP contribution in [0.1, 0.15) is 60.7 Å². The standard InChI is InChI=1S/C26H32N2O4/c1-26(2,3)17-24(30)28-15-13-20(14-16-28)32-23-12-8-7-11-21(23)25(31)27-18-22(29)19-9-5-4-6-10-19/h4-12,20H,13-18H2,1-3H3,(H,27,31). The lowest BCUT2D eigenvalue weighted by Gasteiger charge is -2.34. The molecular weight excluding hydrogens is 404 g/mol. The van der Waals surface area contributed by atoms with Crippen LogP contribution in [0.4, 0.5) is 0 Å². The van der Waals surface area contributed by atoms with E-state index in [4.69, 9.17) is 4.74 Å². The summed E-state index contributed by atoms with van der Waals surface area (Å²) in [5, 5.41) is 2.70. The van der Waals surface area contributed by atoms with Gasteiger partial charge in [0.15, 0.2) is 5.78 Å². The number of hydrogen-bond acceptors (Lipinski definition) is 4. The number of hydrogen-bond donors (Lipinski definition) is 1. The van der Waals surface area contributed by atoms with E-state index < -0.39 is 0 Å². The number of carbonyl (C=O) groups is 3. The minimum Gasteiger partial charge on any atom is -0.489 e. The summed E-state index contributed by atoms with van der Waals surface area (Å²) in [5.41, 5.74) is 0.934. The number of para-hydroxylation sites is 1. The summed E-state index contributed by atoms with van der Waals surface area (Å²) >= 11 is 0. The third-order valence-electron chi connectivity index (χ3n) is 5.41. The van der Waals surface area contributed by atoms with Gasteiger partial charge in [-0.15, -0.1) is 0 Å². The van der Waals surface area contributed by atoms with Crippen LogP contribution in [0.3, 0.4) is 0 Å². The molecule has 0 radical (unpaired) electrons. The Balaban J connectivity index is 1.55. The first-order valence-corrected chi connectivity index (χ1v) is 11.1. The molecule has 1 aliphatic rings. The zero-order chi connectivity index (χ0) is 23.1. The molecule has 170 valence electrons. The van der Waals surface area contributed by atoms with Crippen LogP contribution in [0.25, 0.3) is 0 Å². The van der Waals surface area contributed by atoms with Gasteiger partial charge in [0.1, 0.15) is 11.9 Å². The van der Waals surface area contributed by atoms with Crippen LogP contribution in [0, 0.1) is 5.41 Å². The predicted molar refractivity (Wildman–Crippen MR) is 124 cm³/mol. The van der Waals surface area contributed by atoms with Crippen molar-refractivity contribution in [1.82, 2.24) is 10.2 Å². The quantitative estimate of drug-likeness (QED) is 0.663. The number of carbonyl (C=O) groups excluding carboxylic acids is 3. The minimum atomic E-state index is -0.345. The molecule has 1 N–H and O–H groups in total. The van der Waals surface area contributed by atoms with E-state index >= 15 is 0 Å². The van der Waals surface area contributed by atoms with Crippen molar-refractivity contribution in [3.8, 4) is 5.75 Å². The maximum atomic E-state index is 12.7. The van der Waals surface area contributed by atoms with Gasteiger partial charge >= 0.3 is 0 Å². The Morgan fingerprint density at radius 3 is 2.25 bits per heavy atom. The Morgan fingerprint density at radius 1 is 0.969 bits per heavy atom. The molecule has 32 heavy (non-hydrogen) atoms. The molecule has 0 bridgehead atoms. The second kappa shape index (κ2) is 10.4. The van der Waals surface area contributed by atoms with Gasteiger partial charge in [-0.3, -0.25) is 14.4 Å². The molecule has 0 atom stereocenters. The molecule has 2 amide bonds. The van der Waals surface area contributed by atoms with Crippen molar-refractivity contribution in [1.29, 1.82) is 0 Å². The second-order valence-corrected chi connectivity index (χ2v) is 9.40. The van der Waals surface area contributed by atoms with Crippen molar-refractivity contribution < 1.29 is 19.1 Å². The Bertz CT molecular complexity index is 942. The van der Waals surface area contributed by atoms with E-state index in [1.807, 2.05) is 17.0 Å². The number of ketones is 1. The third-order valence-corrected chi connectivity index (χ3v) is 5.41. The molecule has 1 fully saturated rings. The molecule has 0 aromatic heterocycles. The molecule has 2 aromatic carbocycles. The van der Waals surface area contributed by atoms with Crippen LogP contribution >= 0.6 is 0 Å². The van der Waals surface area contributed by atoms with E-state index in [1.54, 1.807) is 42.5 Å². The van der Waals surface area contributed by atoms with Crippen LogP contribution in [0.5, 0.6) is 5.75 Å². The van der Waals surface area contributed by atoms with Crippen LogP contribution in [0.2, 0.25) is 0 Å². The van der Waals surface area contributed by atoms with Crippen molar-refractivity contribution in [2.24, 2.45) is 5.41 Å². The van der Waals surface area contributed by atoms with E-state index in [-0.39, 0.29) is 35.7 Å². The lowest BCUT2D eigenvalue weighted by Crippen LogP contribution is -2.43. The smallest absolute Gasteiger partial charge is 0.255 e. The summed E-state index contributed by atoms with van der Waals surface area (Å²) in [4.78, 5) is 39.4. The Morgan fingerprint density at radius 2 is 1.59 bits per heavy atom. The fourth-order valence-electron chi connectivity index (χ4n) is 3.71. The topological polar surface area (TPSA) is 75.7 Å². The normalized spacial score (nSPS) is 14.7. The number of rotatable bonds is 7. The molecule has 6 nitrogen and oxygen atoms in total. The highest BCUT2D eigenvalue weighted by atomic mass is 16.5. The van der Waals surface area contributed by atoms with Crippen LogP contribution in [-0.4, -0.2) is 48.2 Å². The SMILES string of the molecule is CC(C)(C)CC(=O)N1CCC(Oc2ccccc2C(=O)NCC(=O)c2ccccc2)CC1. The van der Waals surface area contributed by atoms with Crippen molar-refractivity contribution in [2.45, 2.75) is 46.1 Å². The number of nitrogens with one attached hydrogen (secondary N) is 1. The monoisotopic (exact) mass is 436 g/mol. The average molecular weight is 437 g/mol. The summed E-state index contributed by atoms with van der Waals surface area (Å²) in [5.74, 6) is 0.183. The molecule has 3 rings (SSSR count). The largest absolute Gasteiger partial charge is 0.489 e. The van der Waals surface area contributed by atoms with Crippen molar-refractivity contribution in [3.63, 3.8) is 0 Å². The van der Waals surface area contributed by atoms with Crippen LogP contribution < -0.4 is 10.1 Å². The molecule has 6 heteroatoms. The average Bonchev–Trinajstić information content (AvgIpc) is 2.77. The summed E-state index contributed by atoms with van der Waals surface area (Å²) in [6, 6.07) is 15.9. The number of amides is 2. The first kappa shape index (κ1) is 23.5. The summed E-state index contributed by atoms with van der Waals surface area (Å²) in [7, 11) is 0. The first-order chi connectivity index (χ1) is 15.2. The second-order valence-electron chi connectivity index (χ2n) is 9.40. The maximum Gasteiger partial charge on any atom is 0.255 e. The van der Waals surface area contributed by atoms with Gasteiger partial charge in [-0.2, -0.15) is 0 Å². The molecule has 0 saturated carbocycles. The summed E-state index contributed by atoms with van der Waals surface area (Å²) < 4.78 is 6.14. The zero-order valence-corrected chi connectivity index (χ0v) is 19.1. The number of Topliss-reactive ketones (excluding diaryl/α,β-unsaturated/α-hetero) is 1. The predicted octanol–water partition coefficient (Wildman–Crippen LogP) is 4.11.